The van der Waals surface area contributed by atoms with E-state index in [1.165, 1.54) is 23.5 Å². The summed E-state index contributed by atoms with van der Waals surface area (Å²) in [4.78, 5) is 16.9. The summed E-state index contributed by atoms with van der Waals surface area (Å²) in [7, 11) is -3.64. The first-order chi connectivity index (χ1) is 12.3. The summed E-state index contributed by atoms with van der Waals surface area (Å²) < 4.78 is 28.1. The molecule has 8 heteroatoms. The molecule has 2 aromatic carbocycles. The SMILES string of the molecule is CC(C)NS(=O)(=O)c1cccc(C(=O)NCc2nc3ccccc3s2)c1. The van der Waals surface area contributed by atoms with E-state index in [4.69, 9.17) is 0 Å². The van der Waals surface area contributed by atoms with Crippen molar-refractivity contribution in [2.75, 3.05) is 0 Å². The smallest absolute Gasteiger partial charge is 0.251 e. The number of nitrogens with zero attached hydrogens (tertiary/aromatic N) is 1. The first-order valence-corrected chi connectivity index (χ1v) is 10.4. The number of benzene rings is 2. The Morgan fingerprint density at radius 1 is 1.15 bits per heavy atom. The number of thiazole rings is 1. The highest BCUT2D eigenvalue weighted by molar-refractivity contribution is 7.89. The molecular formula is C18H19N3O3S2. The third kappa shape index (κ3) is 4.27. The van der Waals surface area contributed by atoms with Crippen LogP contribution in [0.2, 0.25) is 0 Å². The second-order valence-electron chi connectivity index (χ2n) is 6.06. The summed E-state index contributed by atoms with van der Waals surface area (Å²) in [5, 5.41) is 3.59. The highest BCUT2D eigenvalue weighted by Crippen LogP contribution is 2.21. The van der Waals surface area contributed by atoms with Crippen molar-refractivity contribution in [2.45, 2.75) is 31.3 Å². The van der Waals surface area contributed by atoms with Gasteiger partial charge in [0.2, 0.25) is 10.0 Å². The van der Waals surface area contributed by atoms with Gasteiger partial charge < -0.3 is 5.32 Å². The van der Waals surface area contributed by atoms with Crippen LogP contribution in [-0.2, 0) is 16.6 Å². The van der Waals surface area contributed by atoms with Gasteiger partial charge in [0, 0.05) is 11.6 Å². The molecule has 0 radical (unpaired) electrons. The molecular weight excluding hydrogens is 370 g/mol. The van der Waals surface area contributed by atoms with E-state index in [-0.39, 0.29) is 22.4 Å². The van der Waals surface area contributed by atoms with Crippen LogP contribution < -0.4 is 10.0 Å². The number of rotatable bonds is 6. The topological polar surface area (TPSA) is 88.2 Å². The Labute approximate surface area is 156 Å². The number of nitrogens with one attached hydrogen (secondary N) is 2. The van der Waals surface area contributed by atoms with E-state index in [1.54, 1.807) is 26.0 Å². The Balaban J connectivity index is 1.72. The molecule has 1 amide bonds. The van der Waals surface area contributed by atoms with Crippen molar-refractivity contribution in [3.63, 3.8) is 0 Å². The zero-order valence-corrected chi connectivity index (χ0v) is 16.0. The summed E-state index contributed by atoms with van der Waals surface area (Å²) in [6, 6.07) is 13.5. The van der Waals surface area contributed by atoms with Crippen LogP contribution in [0.4, 0.5) is 0 Å². The Bertz CT molecular complexity index is 1010. The van der Waals surface area contributed by atoms with Gasteiger partial charge in [-0.1, -0.05) is 18.2 Å². The fraction of sp³-hybridized carbons (Fsp3) is 0.222. The molecule has 0 bridgehead atoms. The number of hydrogen-bond donors (Lipinski definition) is 2. The number of aromatic nitrogens is 1. The predicted octanol–water partition coefficient (Wildman–Crippen LogP) is 2.91. The molecule has 26 heavy (non-hydrogen) atoms. The Kier molecular flexibility index (Phi) is 5.36. The lowest BCUT2D eigenvalue weighted by atomic mass is 10.2. The van der Waals surface area contributed by atoms with Crippen LogP contribution in [0.5, 0.6) is 0 Å². The van der Waals surface area contributed by atoms with E-state index < -0.39 is 10.0 Å². The molecule has 1 heterocycles. The highest BCUT2D eigenvalue weighted by Gasteiger charge is 2.17. The number of sulfonamides is 1. The summed E-state index contributed by atoms with van der Waals surface area (Å²) in [5.41, 5.74) is 1.19. The summed E-state index contributed by atoms with van der Waals surface area (Å²) in [6.45, 7) is 3.78. The third-order valence-corrected chi connectivity index (χ3v) is 6.23. The van der Waals surface area contributed by atoms with Gasteiger partial charge in [0.1, 0.15) is 5.01 Å². The van der Waals surface area contributed by atoms with Gasteiger partial charge in [0.15, 0.2) is 0 Å². The molecule has 0 unspecified atom stereocenters. The van der Waals surface area contributed by atoms with Crippen LogP contribution >= 0.6 is 11.3 Å². The molecule has 136 valence electrons. The molecule has 0 saturated carbocycles. The standard InChI is InChI=1S/C18H19N3O3S2/c1-12(2)21-26(23,24)14-7-5-6-13(10-14)18(22)19-11-17-20-15-8-3-4-9-16(15)25-17/h3-10,12,21H,11H2,1-2H3,(H,19,22). The van der Waals surface area contributed by atoms with E-state index in [1.807, 2.05) is 24.3 Å². The molecule has 1 aromatic heterocycles. The second-order valence-corrected chi connectivity index (χ2v) is 8.89. The molecule has 6 nitrogen and oxygen atoms in total. The lowest BCUT2D eigenvalue weighted by Gasteiger charge is -2.10. The van der Waals surface area contributed by atoms with Crippen LogP contribution in [-0.4, -0.2) is 25.4 Å². The maximum Gasteiger partial charge on any atom is 0.251 e. The molecule has 0 aliphatic heterocycles. The first-order valence-electron chi connectivity index (χ1n) is 8.10. The number of fused-ring (bicyclic) bond motifs is 1. The average molecular weight is 390 g/mol. The van der Waals surface area contributed by atoms with Gasteiger partial charge in [-0.15, -0.1) is 11.3 Å². The van der Waals surface area contributed by atoms with Gasteiger partial charge in [0.25, 0.3) is 5.91 Å². The van der Waals surface area contributed by atoms with Crippen molar-refractivity contribution >= 4 is 37.5 Å². The van der Waals surface area contributed by atoms with Gasteiger partial charge in [-0.05, 0) is 44.2 Å². The lowest BCUT2D eigenvalue weighted by molar-refractivity contribution is 0.0950. The van der Waals surface area contributed by atoms with Crippen LogP contribution in [0.25, 0.3) is 10.2 Å². The first kappa shape index (κ1) is 18.5. The van der Waals surface area contributed by atoms with E-state index in [9.17, 15) is 13.2 Å². The molecule has 0 saturated heterocycles. The number of carbonyl (C=O) groups is 1. The fourth-order valence-corrected chi connectivity index (χ4v) is 4.64. The maximum atomic E-state index is 12.4. The average Bonchev–Trinajstić information content (AvgIpc) is 3.01. The van der Waals surface area contributed by atoms with Crippen molar-refractivity contribution in [1.29, 1.82) is 0 Å². The molecule has 0 atom stereocenters. The second kappa shape index (κ2) is 7.53. The molecule has 0 aliphatic rings. The summed E-state index contributed by atoms with van der Waals surface area (Å²) in [6.07, 6.45) is 0. The molecule has 2 N–H and O–H groups in total. The largest absolute Gasteiger partial charge is 0.346 e. The minimum Gasteiger partial charge on any atom is -0.346 e. The minimum atomic E-state index is -3.64. The van der Waals surface area contributed by atoms with Gasteiger partial charge in [-0.25, -0.2) is 18.1 Å². The van der Waals surface area contributed by atoms with Crippen LogP contribution in [0.3, 0.4) is 0 Å². The van der Waals surface area contributed by atoms with Gasteiger partial charge in [0.05, 0.1) is 21.7 Å². The minimum absolute atomic E-state index is 0.0684. The third-order valence-electron chi connectivity index (χ3n) is 3.54. The van der Waals surface area contributed by atoms with E-state index in [0.29, 0.717) is 6.54 Å². The van der Waals surface area contributed by atoms with Gasteiger partial charge in [-0.3, -0.25) is 4.79 Å². The normalized spacial score (nSPS) is 11.8. The number of hydrogen-bond acceptors (Lipinski definition) is 5. The highest BCUT2D eigenvalue weighted by atomic mass is 32.2. The Morgan fingerprint density at radius 2 is 1.92 bits per heavy atom. The molecule has 0 spiro atoms. The number of para-hydroxylation sites is 1. The predicted molar refractivity (Wildman–Crippen MR) is 103 cm³/mol. The van der Waals surface area contributed by atoms with E-state index in [0.717, 1.165) is 15.2 Å². The van der Waals surface area contributed by atoms with Crippen molar-refractivity contribution in [2.24, 2.45) is 0 Å². The Morgan fingerprint density at radius 3 is 2.65 bits per heavy atom. The molecule has 3 rings (SSSR count). The van der Waals surface area contributed by atoms with Gasteiger partial charge >= 0.3 is 0 Å². The van der Waals surface area contributed by atoms with Crippen LogP contribution in [0.15, 0.2) is 53.4 Å². The van der Waals surface area contributed by atoms with Crippen molar-refractivity contribution in [3.8, 4) is 0 Å². The molecule has 0 aliphatic carbocycles. The lowest BCUT2D eigenvalue weighted by Crippen LogP contribution is -2.30. The summed E-state index contributed by atoms with van der Waals surface area (Å²) in [5.74, 6) is -0.342. The van der Waals surface area contributed by atoms with Crippen LogP contribution in [0.1, 0.15) is 29.2 Å². The van der Waals surface area contributed by atoms with E-state index >= 15 is 0 Å². The maximum absolute atomic E-state index is 12.4. The number of carbonyl (C=O) groups excluding carboxylic acids is 1. The van der Waals surface area contributed by atoms with Crippen molar-refractivity contribution < 1.29 is 13.2 Å². The Hall–Kier alpha value is -2.29. The van der Waals surface area contributed by atoms with Gasteiger partial charge in [-0.2, -0.15) is 0 Å². The number of amides is 1. The van der Waals surface area contributed by atoms with E-state index in [2.05, 4.69) is 15.0 Å². The quantitative estimate of drug-likeness (QED) is 0.678. The monoisotopic (exact) mass is 389 g/mol. The van der Waals surface area contributed by atoms with Crippen molar-refractivity contribution in [1.82, 2.24) is 15.0 Å². The van der Waals surface area contributed by atoms with Crippen LogP contribution in [0, 0.1) is 0 Å². The zero-order valence-electron chi connectivity index (χ0n) is 14.4. The molecule has 3 aromatic rings. The zero-order chi connectivity index (χ0) is 18.7. The fourth-order valence-electron chi connectivity index (χ4n) is 2.44. The molecule has 0 fully saturated rings. The van der Waals surface area contributed by atoms with Crippen molar-refractivity contribution in [3.05, 3.63) is 59.1 Å². The summed E-state index contributed by atoms with van der Waals surface area (Å²) >= 11 is 1.52.